The van der Waals surface area contributed by atoms with Crippen molar-refractivity contribution in [2.45, 2.75) is 11.4 Å². The molecule has 0 aliphatic carbocycles. The number of nitrogens with two attached hydrogens (primary N) is 1. The molecular formula is C18H22FN11O5S2. The van der Waals surface area contributed by atoms with Crippen molar-refractivity contribution in [3.63, 3.8) is 0 Å². The lowest BCUT2D eigenvalue weighted by Gasteiger charge is -2.49. The molecule has 16 nitrogen and oxygen atoms in total. The van der Waals surface area contributed by atoms with E-state index < -0.39 is 41.8 Å². The number of aromatic nitrogens is 2. The van der Waals surface area contributed by atoms with Gasteiger partial charge in [-0.25, -0.2) is 14.2 Å². The number of carbonyl (C=O) groups excluding carboxylic acids is 2. The van der Waals surface area contributed by atoms with E-state index in [4.69, 9.17) is 5.73 Å². The number of nitrogen functional groups attached to an aromatic ring is 1. The lowest BCUT2D eigenvalue weighted by molar-refractivity contribution is -0.150. The van der Waals surface area contributed by atoms with Crippen LogP contribution in [-0.2, 0) is 19.2 Å². The summed E-state index contributed by atoms with van der Waals surface area (Å²) in [6.07, 6.45) is 2.66. The first-order valence-corrected chi connectivity index (χ1v) is 12.6. The summed E-state index contributed by atoms with van der Waals surface area (Å²) < 4.78 is 16.3. The molecule has 2 atom stereocenters. The first-order valence-electron chi connectivity index (χ1n) is 10.7. The second-order valence-electron chi connectivity index (χ2n) is 7.53. The number of halogens is 1. The van der Waals surface area contributed by atoms with Crippen LogP contribution >= 0.6 is 23.3 Å². The maximum atomic E-state index is 12.8. The highest BCUT2D eigenvalue weighted by atomic mass is 32.2. The molecule has 2 saturated heterocycles. The van der Waals surface area contributed by atoms with E-state index in [1.165, 1.54) is 24.3 Å². The number of nitrogens with one attached hydrogen (secondary N) is 3. The summed E-state index contributed by atoms with van der Waals surface area (Å²) in [5, 5.41) is 27.9. The molecule has 0 spiro atoms. The molecule has 3 aliphatic heterocycles. The molecule has 4 heterocycles. The van der Waals surface area contributed by atoms with Crippen LogP contribution in [0.3, 0.4) is 0 Å². The Morgan fingerprint density at radius 3 is 2.81 bits per heavy atom. The summed E-state index contributed by atoms with van der Waals surface area (Å²) in [5.74, 6) is -2.90. The van der Waals surface area contributed by atoms with Crippen molar-refractivity contribution in [3.8, 4) is 0 Å². The van der Waals surface area contributed by atoms with Crippen molar-refractivity contribution in [3.05, 3.63) is 17.1 Å². The molecule has 19 heteroatoms. The van der Waals surface area contributed by atoms with Crippen LogP contribution in [0.4, 0.5) is 9.52 Å². The van der Waals surface area contributed by atoms with Crippen molar-refractivity contribution in [1.82, 2.24) is 35.3 Å². The van der Waals surface area contributed by atoms with Crippen LogP contribution in [0, 0.1) is 0 Å². The second kappa shape index (κ2) is 12.0. The smallest absolute Gasteiger partial charge is 0.353 e. The van der Waals surface area contributed by atoms with Gasteiger partial charge in [-0.1, -0.05) is 5.16 Å². The third-order valence-electron chi connectivity index (χ3n) is 5.26. The number of fused-ring (bicyclic) bond motifs is 1. The van der Waals surface area contributed by atoms with Gasteiger partial charge in [-0.05, 0) is 0 Å². The van der Waals surface area contributed by atoms with E-state index in [9.17, 15) is 23.9 Å². The first-order chi connectivity index (χ1) is 17.9. The largest absolute Gasteiger partial charge is 0.477 e. The zero-order valence-corrected chi connectivity index (χ0v) is 20.7. The second-order valence-corrected chi connectivity index (χ2v) is 9.42. The molecule has 0 saturated carbocycles. The fraction of sp³-hybridized carbons (Fsp3) is 0.444. The summed E-state index contributed by atoms with van der Waals surface area (Å²) in [5.41, 5.74) is 8.06. The third kappa shape index (κ3) is 6.01. The Labute approximate surface area is 217 Å². The highest BCUT2D eigenvalue weighted by Gasteiger charge is 2.54. The average molecular weight is 556 g/mol. The predicted octanol–water partition coefficient (Wildman–Crippen LogP) is -2.07. The molecule has 198 valence electrons. The fourth-order valence-corrected chi connectivity index (χ4v) is 5.33. The van der Waals surface area contributed by atoms with Crippen LogP contribution in [-0.4, -0.2) is 111 Å². The lowest BCUT2D eigenvalue weighted by Crippen LogP contribution is -2.71. The number of hydrogen-bond donors (Lipinski definition) is 5. The predicted molar refractivity (Wildman–Crippen MR) is 132 cm³/mol. The summed E-state index contributed by atoms with van der Waals surface area (Å²) >= 11 is 2.01. The van der Waals surface area contributed by atoms with E-state index in [0.717, 1.165) is 42.6 Å². The number of anilines is 1. The molecule has 37 heavy (non-hydrogen) atoms. The molecule has 2 fully saturated rings. The number of nitrogens with zero attached hydrogens (tertiary/aromatic N) is 7. The highest BCUT2D eigenvalue weighted by molar-refractivity contribution is 8.00. The van der Waals surface area contributed by atoms with Crippen molar-refractivity contribution >= 4 is 64.5 Å². The Bertz CT molecular complexity index is 1170. The molecular weight excluding hydrogens is 533 g/mol. The molecule has 6 N–H and O–H groups in total. The zero-order chi connectivity index (χ0) is 26.4. The molecule has 3 aliphatic rings. The first kappa shape index (κ1) is 26.4. The SMILES string of the molecule is Nc1nc(/C(=N/OCF)C(=O)NC2C(=O)N3C(C(=O)O)=C(C=NN=CNN4CCNCC4)CS[C@H]23)ns1. The summed E-state index contributed by atoms with van der Waals surface area (Å²) in [6, 6.07) is -1.07. The van der Waals surface area contributed by atoms with Gasteiger partial charge < -0.3 is 31.7 Å². The molecule has 4 rings (SSSR count). The van der Waals surface area contributed by atoms with Crippen LogP contribution in [0.2, 0.25) is 0 Å². The fourth-order valence-electron chi connectivity index (χ4n) is 3.59. The maximum absolute atomic E-state index is 12.8. The van der Waals surface area contributed by atoms with Gasteiger partial charge in [0.05, 0.1) is 6.21 Å². The van der Waals surface area contributed by atoms with E-state index in [1.54, 1.807) is 0 Å². The molecule has 1 aromatic rings. The van der Waals surface area contributed by atoms with Crippen molar-refractivity contribution < 1.29 is 28.7 Å². The Morgan fingerprint density at radius 1 is 1.35 bits per heavy atom. The number of β-lactam (4-membered cyclic amide) rings is 1. The number of carboxylic acid groups (broad SMARTS) is 1. The van der Waals surface area contributed by atoms with Gasteiger partial charge in [-0.15, -0.1) is 16.9 Å². The number of carbonyl (C=O) groups is 3. The number of alkyl halides is 1. The molecule has 1 unspecified atom stereocenters. The van der Waals surface area contributed by atoms with E-state index >= 15 is 0 Å². The number of hydrogen-bond acceptors (Lipinski definition) is 14. The number of rotatable bonds is 10. The normalized spacial score (nSPS) is 22.8. The Morgan fingerprint density at radius 2 is 2.14 bits per heavy atom. The lowest BCUT2D eigenvalue weighted by atomic mass is 10.0. The molecule has 0 bridgehead atoms. The Hall–Kier alpha value is -3.68. The van der Waals surface area contributed by atoms with Gasteiger partial charge in [-0.2, -0.15) is 14.5 Å². The van der Waals surface area contributed by atoms with E-state index in [1.807, 2.05) is 5.01 Å². The number of amides is 2. The van der Waals surface area contributed by atoms with Gasteiger partial charge in [0.1, 0.15) is 23.5 Å². The number of thioether (sulfide) groups is 1. The monoisotopic (exact) mass is 555 g/mol. The van der Waals surface area contributed by atoms with Crippen LogP contribution in [0.25, 0.3) is 0 Å². The number of hydrazine groups is 1. The standard InChI is InChI=1S/C18H22FN11O5S2/c19-7-35-27-10(13-26-18(20)37-28-13)14(31)25-11-15(32)30-12(17(33)34)9(6-36-16(11)30)5-22-23-8-24-29-3-1-21-2-4-29/h5,8,11,16,21H,1-4,6-7H2,(H,23,24)(H,25,31)(H,33,34)(H2,20,26,28)/b22-5?,27-10-/t11?,16-/m1/s1. The van der Waals surface area contributed by atoms with Gasteiger partial charge in [0, 0.05) is 49.0 Å². The zero-order valence-electron chi connectivity index (χ0n) is 19.0. The maximum Gasteiger partial charge on any atom is 0.353 e. The third-order valence-corrected chi connectivity index (χ3v) is 7.10. The van der Waals surface area contributed by atoms with Crippen molar-refractivity contribution in [1.29, 1.82) is 0 Å². The van der Waals surface area contributed by atoms with Crippen LogP contribution < -0.4 is 21.8 Å². The van der Waals surface area contributed by atoms with Gasteiger partial charge in [0.15, 0.2) is 5.13 Å². The molecule has 2 amide bonds. The Balaban J connectivity index is 1.42. The van der Waals surface area contributed by atoms with Crippen molar-refractivity contribution in [2.75, 3.05) is 44.5 Å². The van der Waals surface area contributed by atoms with Gasteiger partial charge in [0.2, 0.25) is 11.5 Å². The number of carboxylic acids is 1. The van der Waals surface area contributed by atoms with Crippen LogP contribution in [0.5, 0.6) is 0 Å². The minimum atomic E-state index is -1.33. The number of oxime groups is 1. The average Bonchev–Trinajstić information content (AvgIpc) is 3.33. The number of aliphatic carboxylic acids is 1. The molecule has 0 radical (unpaired) electrons. The topological polar surface area (TPSA) is 212 Å². The minimum absolute atomic E-state index is 0.0406. The van der Waals surface area contributed by atoms with Gasteiger partial charge in [-0.3, -0.25) is 14.5 Å². The minimum Gasteiger partial charge on any atom is -0.477 e. The molecule has 0 aromatic carbocycles. The van der Waals surface area contributed by atoms with E-state index in [0.29, 0.717) is 0 Å². The Kier molecular flexibility index (Phi) is 8.58. The summed E-state index contributed by atoms with van der Waals surface area (Å²) in [6.45, 7) is 1.97. The van der Waals surface area contributed by atoms with Crippen molar-refractivity contribution in [2.24, 2.45) is 15.4 Å². The molecule has 1 aromatic heterocycles. The van der Waals surface area contributed by atoms with E-state index in [2.05, 4.69) is 45.6 Å². The quantitative estimate of drug-likeness (QED) is 0.0912. The van der Waals surface area contributed by atoms with Gasteiger partial charge in [0.25, 0.3) is 18.7 Å². The highest BCUT2D eigenvalue weighted by Crippen LogP contribution is 2.39. The van der Waals surface area contributed by atoms with E-state index in [-0.39, 0.29) is 28.0 Å². The number of piperazine rings is 1. The summed E-state index contributed by atoms with van der Waals surface area (Å²) in [7, 11) is 0. The van der Waals surface area contributed by atoms with Crippen LogP contribution in [0.15, 0.2) is 26.6 Å². The summed E-state index contributed by atoms with van der Waals surface area (Å²) in [4.78, 5) is 46.8. The van der Waals surface area contributed by atoms with Gasteiger partial charge >= 0.3 is 5.97 Å². The van der Waals surface area contributed by atoms with Crippen LogP contribution in [0.1, 0.15) is 5.82 Å².